The maximum Gasteiger partial charge on any atom is 0.165 e. The molecule has 1 aliphatic rings. The van der Waals surface area contributed by atoms with Crippen molar-refractivity contribution in [2.45, 2.75) is 44.3 Å². The normalized spacial score (nSPS) is 22.7. The van der Waals surface area contributed by atoms with E-state index in [0.717, 1.165) is 25.7 Å². The van der Waals surface area contributed by atoms with Crippen molar-refractivity contribution in [3.05, 3.63) is 35.6 Å². The minimum absolute atomic E-state index is 0.0101. The molecule has 20 heavy (non-hydrogen) atoms. The van der Waals surface area contributed by atoms with Crippen molar-refractivity contribution >= 4 is 5.78 Å². The predicted octanol–water partition coefficient (Wildman–Crippen LogP) is 3.37. The maximum absolute atomic E-state index is 12.8. The molecule has 0 bridgehead atoms. The molecular weight excluding hydrogens is 259 g/mol. The summed E-state index contributed by atoms with van der Waals surface area (Å²) in [6, 6.07) is 5.63. The highest BCUT2D eigenvalue weighted by Gasteiger charge is 2.22. The highest BCUT2D eigenvalue weighted by Crippen LogP contribution is 2.23. The summed E-state index contributed by atoms with van der Waals surface area (Å²) in [5, 5.41) is 0. The Morgan fingerprint density at radius 3 is 2.65 bits per heavy atom. The molecule has 0 saturated heterocycles. The van der Waals surface area contributed by atoms with E-state index < -0.39 is 0 Å². The number of carbonyl (C=O) groups excluding carboxylic acids is 1. The van der Waals surface area contributed by atoms with Gasteiger partial charge < -0.3 is 9.47 Å². The number of ketones is 1. The molecule has 1 aromatic carbocycles. The molecule has 3 nitrogen and oxygen atoms in total. The summed E-state index contributed by atoms with van der Waals surface area (Å²) in [6.07, 6.45) is 4.93. The number of methoxy groups -OCH3 is 1. The number of hydrogen-bond donors (Lipinski definition) is 0. The van der Waals surface area contributed by atoms with Crippen molar-refractivity contribution in [2.24, 2.45) is 0 Å². The third-order valence-corrected chi connectivity index (χ3v) is 3.76. The Bertz CT molecular complexity index is 430. The topological polar surface area (TPSA) is 35.5 Å². The van der Waals surface area contributed by atoms with Crippen molar-refractivity contribution < 1.29 is 18.7 Å². The van der Waals surface area contributed by atoms with Crippen LogP contribution in [0.25, 0.3) is 0 Å². The monoisotopic (exact) mass is 280 g/mol. The molecule has 2 rings (SSSR count). The smallest absolute Gasteiger partial charge is 0.165 e. The molecule has 0 heterocycles. The van der Waals surface area contributed by atoms with Crippen LogP contribution in [0.5, 0.6) is 0 Å². The molecule has 0 amide bonds. The fourth-order valence-corrected chi connectivity index (χ4v) is 2.57. The first kappa shape index (κ1) is 15.1. The molecule has 0 aromatic heterocycles. The SMILES string of the molecule is COC1CCCC(OCCC(=O)c2ccc(F)cc2)C1. The molecule has 0 spiro atoms. The molecule has 1 aromatic rings. The molecule has 0 aliphatic heterocycles. The molecule has 0 N–H and O–H groups in total. The quantitative estimate of drug-likeness (QED) is 0.749. The molecule has 110 valence electrons. The van der Waals surface area contributed by atoms with E-state index in [1.165, 1.54) is 24.3 Å². The average Bonchev–Trinajstić information content (AvgIpc) is 2.48. The number of hydrogen-bond acceptors (Lipinski definition) is 3. The van der Waals surface area contributed by atoms with Crippen LogP contribution in [0.4, 0.5) is 4.39 Å². The van der Waals surface area contributed by atoms with E-state index in [1.54, 1.807) is 7.11 Å². The van der Waals surface area contributed by atoms with Gasteiger partial charge in [-0.1, -0.05) is 0 Å². The van der Waals surface area contributed by atoms with Gasteiger partial charge in [-0.3, -0.25) is 4.79 Å². The first-order valence-corrected chi connectivity index (χ1v) is 7.12. The molecular formula is C16H21FO3. The van der Waals surface area contributed by atoms with Gasteiger partial charge in [0.1, 0.15) is 5.82 Å². The molecule has 1 saturated carbocycles. The summed E-state index contributed by atoms with van der Waals surface area (Å²) in [5.41, 5.74) is 0.536. The van der Waals surface area contributed by atoms with E-state index in [4.69, 9.17) is 9.47 Å². The number of halogens is 1. The van der Waals surface area contributed by atoms with Crippen LogP contribution in [0.3, 0.4) is 0 Å². The zero-order valence-corrected chi connectivity index (χ0v) is 11.8. The van der Waals surface area contributed by atoms with Crippen LogP contribution >= 0.6 is 0 Å². The summed E-state index contributed by atoms with van der Waals surface area (Å²) in [7, 11) is 1.73. The Morgan fingerprint density at radius 2 is 1.95 bits per heavy atom. The van der Waals surface area contributed by atoms with Gasteiger partial charge in [-0.25, -0.2) is 4.39 Å². The second-order valence-corrected chi connectivity index (χ2v) is 5.20. The van der Waals surface area contributed by atoms with Crippen molar-refractivity contribution in [1.82, 2.24) is 0 Å². The molecule has 0 radical (unpaired) electrons. The van der Waals surface area contributed by atoms with Gasteiger partial charge in [0.15, 0.2) is 5.78 Å². The highest BCUT2D eigenvalue weighted by molar-refractivity contribution is 5.96. The third-order valence-electron chi connectivity index (χ3n) is 3.76. The molecule has 2 atom stereocenters. The largest absolute Gasteiger partial charge is 0.381 e. The lowest BCUT2D eigenvalue weighted by Gasteiger charge is -2.28. The third kappa shape index (κ3) is 4.39. The zero-order valence-electron chi connectivity index (χ0n) is 11.8. The Balaban J connectivity index is 1.72. The van der Waals surface area contributed by atoms with E-state index in [2.05, 4.69) is 0 Å². The predicted molar refractivity (Wildman–Crippen MR) is 74.4 cm³/mol. The molecule has 4 heteroatoms. The Labute approximate surface area is 119 Å². The number of Topliss-reactive ketones (excluding diaryl/α,β-unsaturated/α-hetero) is 1. The summed E-state index contributed by atoms with van der Waals surface area (Å²) in [5.74, 6) is -0.338. The van der Waals surface area contributed by atoms with Crippen LogP contribution in [0, 0.1) is 5.82 Å². The first-order valence-electron chi connectivity index (χ1n) is 7.12. The van der Waals surface area contributed by atoms with Gasteiger partial charge in [-0.05, 0) is 49.9 Å². The van der Waals surface area contributed by atoms with E-state index in [-0.39, 0.29) is 23.8 Å². The number of rotatable bonds is 6. The van der Waals surface area contributed by atoms with Crippen molar-refractivity contribution in [1.29, 1.82) is 0 Å². The summed E-state index contributed by atoms with van der Waals surface area (Å²) >= 11 is 0. The van der Waals surface area contributed by atoms with Crippen molar-refractivity contribution in [3.8, 4) is 0 Å². The van der Waals surface area contributed by atoms with Gasteiger partial charge >= 0.3 is 0 Å². The van der Waals surface area contributed by atoms with Crippen LogP contribution in [0.15, 0.2) is 24.3 Å². The fraction of sp³-hybridized carbons (Fsp3) is 0.562. The van der Waals surface area contributed by atoms with Crippen molar-refractivity contribution in [3.63, 3.8) is 0 Å². The van der Waals surface area contributed by atoms with Crippen LogP contribution < -0.4 is 0 Å². The van der Waals surface area contributed by atoms with Crippen molar-refractivity contribution in [2.75, 3.05) is 13.7 Å². The Hall–Kier alpha value is -1.26. The van der Waals surface area contributed by atoms with Crippen LogP contribution in [-0.2, 0) is 9.47 Å². The Morgan fingerprint density at radius 1 is 1.25 bits per heavy atom. The molecule has 1 aliphatic carbocycles. The molecule has 2 unspecified atom stereocenters. The van der Waals surface area contributed by atoms with Gasteiger partial charge in [-0.15, -0.1) is 0 Å². The second-order valence-electron chi connectivity index (χ2n) is 5.20. The van der Waals surface area contributed by atoms with Crippen LogP contribution in [0.1, 0.15) is 42.5 Å². The van der Waals surface area contributed by atoms with Gasteiger partial charge in [0.2, 0.25) is 0 Å². The number of carbonyl (C=O) groups is 1. The standard InChI is InChI=1S/C16H21FO3/c1-19-14-3-2-4-15(11-14)20-10-9-16(18)12-5-7-13(17)8-6-12/h5-8,14-15H,2-4,9-11H2,1H3. The van der Waals surface area contributed by atoms with E-state index >= 15 is 0 Å². The fourth-order valence-electron chi connectivity index (χ4n) is 2.57. The van der Waals surface area contributed by atoms with Gasteiger partial charge in [0, 0.05) is 19.1 Å². The van der Waals surface area contributed by atoms with E-state index in [9.17, 15) is 9.18 Å². The maximum atomic E-state index is 12.8. The highest BCUT2D eigenvalue weighted by atomic mass is 19.1. The lowest BCUT2D eigenvalue weighted by atomic mass is 9.95. The van der Waals surface area contributed by atoms with E-state index in [1.807, 2.05) is 0 Å². The summed E-state index contributed by atoms with van der Waals surface area (Å²) in [6.45, 7) is 0.414. The number of ether oxygens (including phenoxy) is 2. The summed E-state index contributed by atoms with van der Waals surface area (Å²) in [4.78, 5) is 11.9. The minimum atomic E-state index is -0.328. The van der Waals surface area contributed by atoms with E-state index in [0.29, 0.717) is 18.6 Å². The molecule has 1 fully saturated rings. The second kappa shape index (κ2) is 7.50. The number of benzene rings is 1. The lowest BCUT2D eigenvalue weighted by molar-refractivity contribution is -0.0286. The summed E-state index contributed by atoms with van der Waals surface area (Å²) < 4.78 is 23.9. The Kier molecular flexibility index (Phi) is 5.68. The van der Waals surface area contributed by atoms with Crippen LogP contribution in [0.2, 0.25) is 0 Å². The minimum Gasteiger partial charge on any atom is -0.381 e. The van der Waals surface area contributed by atoms with Gasteiger partial charge in [0.05, 0.1) is 18.8 Å². The average molecular weight is 280 g/mol. The van der Waals surface area contributed by atoms with Crippen LogP contribution in [-0.4, -0.2) is 31.7 Å². The van der Waals surface area contributed by atoms with Gasteiger partial charge in [-0.2, -0.15) is 0 Å². The van der Waals surface area contributed by atoms with Gasteiger partial charge in [0.25, 0.3) is 0 Å². The zero-order chi connectivity index (χ0) is 14.4. The first-order chi connectivity index (χ1) is 9.69. The lowest BCUT2D eigenvalue weighted by Crippen LogP contribution is -2.28.